The van der Waals surface area contributed by atoms with Gasteiger partial charge in [-0.3, -0.25) is 0 Å². The zero-order valence-electron chi connectivity index (χ0n) is 27.3. The Morgan fingerprint density at radius 2 is 0.333 bits per heavy atom. The van der Waals surface area contributed by atoms with Crippen LogP contribution in [-0.2, 0) is 19.5 Å². The average molecular weight is 1050 g/mol. The molecule has 0 amide bonds. The SMILES string of the molecule is F[P-](F)(F)(F)(F)F.F[P-](F)(F)(F)(F)F.[Rh+2].c1cc2nc(c1)Sc1cccc(n1)Sc1cccc(n1)S2.c1cc2nc(c1)Sc1cccc(n1)Sc1cccc(n1)S2. The van der Waals surface area contributed by atoms with E-state index < -0.39 is 15.6 Å². The molecular weight excluding hydrogens is 1030 g/mol. The van der Waals surface area contributed by atoms with Crippen LogP contribution >= 0.6 is 86.2 Å². The Morgan fingerprint density at radius 1 is 0.246 bits per heavy atom. The van der Waals surface area contributed by atoms with Gasteiger partial charge in [0.15, 0.2) is 0 Å². The standard InChI is InChI=1S/2C15H9N3S3.2F6P.Rh/c2*1-4-10-16-11(5-1)20-13-7-3-9-15(18-13)21-14-8-2-6-12(17-14)19-10;2*1-7(2,3,4,5)6;/h2*1-9H;;;/q;;2*-1;+2. The number of hydrogen-bond donors (Lipinski definition) is 0. The van der Waals surface area contributed by atoms with Gasteiger partial charge >= 0.3 is 85.5 Å². The Hall–Kier alpha value is -2.36. The smallest absolute Gasteiger partial charge is 0.234 e. The van der Waals surface area contributed by atoms with Crippen LogP contribution in [-0.4, -0.2) is 29.9 Å². The molecule has 0 atom stereocenters. The molecule has 0 aliphatic carbocycles. The Morgan fingerprint density at radius 3 is 0.421 bits per heavy atom. The van der Waals surface area contributed by atoms with Gasteiger partial charge in [0.1, 0.15) is 60.3 Å². The summed E-state index contributed by atoms with van der Waals surface area (Å²) in [5.74, 6) is 0. The number of nitrogens with zero attached hydrogens (tertiary/aromatic N) is 6. The van der Waals surface area contributed by atoms with Gasteiger partial charge in [-0.25, -0.2) is 29.9 Å². The first kappa shape index (κ1) is 47.3. The molecule has 0 spiro atoms. The van der Waals surface area contributed by atoms with Crippen molar-refractivity contribution in [1.82, 2.24) is 29.9 Å². The third-order valence-corrected chi connectivity index (χ3v) is 10.7. The van der Waals surface area contributed by atoms with Gasteiger partial charge in [0.25, 0.3) is 0 Å². The van der Waals surface area contributed by atoms with E-state index >= 15 is 0 Å². The van der Waals surface area contributed by atoms with Gasteiger partial charge in [-0.1, -0.05) is 107 Å². The molecule has 0 saturated carbocycles. The van der Waals surface area contributed by atoms with Crippen LogP contribution < -0.4 is 0 Å². The third kappa shape index (κ3) is 21.5. The summed E-state index contributed by atoms with van der Waals surface area (Å²) in [6.07, 6.45) is 0. The third-order valence-electron chi connectivity index (χ3n) is 5.44. The summed E-state index contributed by atoms with van der Waals surface area (Å²) in [7, 11) is -21.3. The first-order valence-corrected chi connectivity index (χ1v) is 23.6. The van der Waals surface area contributed by atoms with Crippen molar-refractivity contribution in [3.8, 4) is 0 Å². The molecule has 27 heteroatoms. The second-order valence-electron chi connectivity index (χ2n) is 10.4. The monoisotopic (exact) mass is 1050 g/mol. The fourth-order valence-electron chi connectivity index (χ4n) is 3.70. The Bertz CT molecular complexity index is 1870. The molecule has 57 heavy (non-hydrogen) atoms. The van der Waals surface area contributed by atoms with Gasteiger partial charge in [-0.05, 0) is 72.8 Å². The second kappa shape index (κ2) is 17.0. The summed E-state index contributed by atoms with van der Waals surface area (Å²) in [6.45, 7) is 0. The molecule has 1 radical (unpaired) electrons. The fraction of sp³-hybridized carbons (Fsp3) is 0. The van der Waals surface area contributed by atoms with Crippen LogP contribution in [0, 0.1) is 0 Å². The summed E-state index contributed by atoms with van der Waals surface area (Å²) in [5, 5.41) is 11.4. The molecule has 0 saturated heterocycles. The van der Waals surface area contributed by atoms with Crippen molar-refractivity contribution < 1.29 is 69.8 Å². The second-order valence-corrected chi connectivity index (χ2v) is 20.5. The normalized spacial score (nSPS) is 15.4. The topological polar surface area (TPSA) is 77.3 Å². The van der Waals surface area contributed by atoms with Crippen molar-refractivity contribution in [3.05, 3.63) is 109 Å². The Labute approximate surface area is 353 Å². The molecule has 0 unspecified atom stereocenters. The van der Waals surface area contributed by atoms with Crippen LogP contribution in [0.15, 0.2) is 170 Å². The Kier molecular flexibility index (Phi) is 14.1. The minimum Gasteiger partial charge on any atom is -0.234 e. The van der Waals surface area contributed by atoms with Crippen molar-refractivity contribution in [2.24, 2.45) is 0 Å². The van der Waals surface area contributed by atoms with Gasteiger partial charge < -0.3 is 0 Å². The molecule has 6 aromatic heterocycles. The first-order valence-electron chi connectivity index (χ1n) is 14.6. The predicted octanol–water partition coefficient (Wildman–Crippen LogP) is 16.0. The van der Waals surface area contributed by atoms with Gasteiger partial charge in [-0.15, -0.1) is 0 Å². The number of fused-ring (bicyclic) bond motifs is 12. The molecule has 2 aliphatic rings. The number of aromatic nitrogens is 6. The number of pyridine rings is 6. The number of halogens is 12. The summed E-state index contributed by atoms with van der Waals surface area (Å²) in [4.78, 5) is 27.9. The maximum atomic E-state index is 9.87. The molecule has 307 valence electrons. The van der Waals surface area contributed by atoms with Gasteiger partial charge in [0.05, 0.1) is 0 Å². The van der Waals surface area contributed by atoms with E-state index in [2.05, 4.69) is 29.9 Å². The summed E-state index contributed by atoms with van der Waals surface area (Å²) in [6, 6.07) is 36.2. The molecule has 8 heterocycles. The van der Waals surface area contributed by atoms with E-state index in [0.29, 0.717) is 0 Å². The molecular formula is C30H18F12N6P2RhS6. The Balaban J connectivity index is 0.000000189. The minimum atomic E-state index is -10.7. The van der Waals surface area contributed by atoms with Gasteiger partial charge in [-0.2, -0.15) is 0 Å². The van der Waals surface area contributed by atoms with Crippen molar-refractivity contribution in [3.63, 3.8) is 0 Å². The number of hydrogen-bond acceptors (Lipinski definition) is 12. The molecule has 2 aliphatic heterocycles. The summed E-state index contributed by atoms with van der Waals surface area (Å²) < 4.78 is 118. The minimum absolute atomic E-state index is 0. The maximum Gasteiger partial charge on any atom is 2.00 e. The molecule has 0 N–H and O–H groups in total. The fourth-order valence-corrected chi connectivity index (χ4v) is 8.82. The van der Waals surface area contributed by atoms with E-state index in [-0.39, 0.29) is 19.5 Å². The largest absolute Gasteiger partial charge is 2.00 e. The van der Waals surface area contributed by atoms with Crippen LogP contribution in [0.25, 0.3) is 0 Å². The van der Waals surface area contributed by atoms with E-state index in [4.69, 9.17) is 0 Å². The van der Waals surface area contributed by atoms with Crippen molar-refractivity contribution in [2.75, 3.05) is 0 Å². The predicted molar refractivity (Wildman–Crippen MR) is 197 cm³/mol. The molecule has 0 aromatic carbocycles. The van der Waals surface area contributed by atoms with Crippen LogP contribution in [0.3, 0.4) is 0 Å². The van der Waals surface area contributed by atoms with Crippen molar-refractivity contribution in [2.45, 2.75) is 60.3 Å². The zero-order chi connectivity index (χ0) is 41.0. The molecule has 12 bridgehead atoms. The summed E-state index contributed by atoms with van der Waals surface area (Å²) >= 11 is 9.50. The van der Waals surface area contributed by atoms with E-state index in [0.717, 1.165) is 60.3 Å². The quantitative estimate of drug-likeness (QED) is 0.0825. The average Bonchev–Trinajstić information content (AvgIpc) is 3.03. The van der Waals surface area contributed by atoms with E-state index in [1.165, 1.54) is 0 Å². The van der Waals surface area contributed by atoms with E-state index in [9.17, 15) is 50.4 Å². The zero-order valence-corrected chi connectivity index (χ0v) is 35.6. The first-order chi connectivity index (χ1) is 25.6. The number of rotatable bonds is 0. The van der Waals surface area contributed by atoms with E-state index in [1.807, 2.05) is 109 Å². The van der Waals surface area contributed by atoms with Crippen LogP contribution in [0.2, 0.25) is 0 Å². The van der Waals surface area contributed by atoms with E-state index in [1.54, 1.807) is 70.6 Å². The molecule has 6 aromatic rings. The van der Waals surface area contributed by atoms with Crippen molar-refractivity contribution in [1.29, 1.82) is 0 Å². The van der Waals surface area contributed by atoms with Crippen molar-refractivity contribution >= 4 is 86.2 Å². The van der Waals surface area contributed by atoms with Gasteiger partial charge in [0.2, 0.25) is 0 Å². The maximum absolute atomic E-state index is 10.7. The molecule has 6 nitrogen and oxygen atoms in total. The molecule has 0 fully saturated rings. The summed E-state index contributed by atoms with van der Waals surface area (Å²) in [5.41, 5.74) is 0. The van der Waals surface area contributed by atoms with Crippen LogP contribution in [0.5, 0.6) is 0 Å². The van der Waals surface area contributed by atoms with Crippen LogP contribution in [0.1, 0.15) is 0 Å². The molecule has 8 rings (SSSR count). The van der Waals surface area contributed by atoms with Crippen LogP contribution in [0.4, 0.5) is 50.4 Å². The van der Waals surface area contributed by atoms with Gasteiger partial charge in [0, 0.05) is 0 Å².